The van der Waals surface area contributed by atoms with Gasteiger partial charge in [0, 0.05) is 5.56 Å². The fourth-order valence-corrected chi connectivity index (χ4v) is 2.61. The Balaban J connectivity index is 2.83. The molecule has 0 saturated heterocycles. The zero-order valence-corrected chi connectivity index (χ0v) is 13.6. The molecule has 0 fully saturated rings. The number of hydrogen-bond acceptors (Lipinski definition) is 4. The Bertz CT molecular complexity index is 874. The second-order valence-electron chi connectivity index (χ2n) is 4.23. The van der Waals surface area contributed by atoms with Crippen molar-refractivity contribution in [1.82, 2.24) is 9.97 Å². The predicted molar refractivity (Wildman–Crippen MR) is 81.8 cm³/mol. The van der Waals surface area contributed by atoms with E-state index in [1.54, 1.807) is 12.3 Å². The average molecular weight is 380 g/mol. The number of nitrogens with zero attached hydrogens (tertiary/aromatic N) is 2. The van der Waals surface area contributed by atoms with Crippen LogP contribution in [0, 0.1) is 11.3 Å². The first-order chi connectivity index (χ1) is 10.7. The molecule has 0 spiro atoms. The molecule has 0 saturated carbocycles. The van der Waals surface area contributed by atoms with E-state index in [4.69, 9.17) is 28.5 Å². The lowest BCUT2D eigenvalue weighted by Crippen LogP contribution is -2.15. The van der Waals surface area contributed by atoms with Gasteiger partial charge in [-0.3, -0.25) is 4.79 Å². The van der Waals surface area contributed by atoms with Gasteiger partial charge in [0.15, 0.2) is 5.16 Å². The topological polar surface area (TPSA) is 69.5 Å². The number of thioether (sulfide) groups is 1. The lowest BCUT2D eigenvalue weighted by Gasteiger charge is -2.13. The highest BCUT2D eigenvalue weighted by Gasteiger charge is 2.35. The minimum Gasteiger partial charge on any atom is -0.300 e. The van der Waals surface area contributed by atoms with Gasteiger partial charge in [-0.2, -0.15) is 18.4 Å². The molecule has 120 valence electrons. The van der Waals surface area contributed by atoms with Crippen LogP contribution in [0.15, 0.2) is 22.1 Å². The monoisotopic (exact) mass is 379 g/mol. The zero-order chi connectivity index (χ0) is 17.4. The molecule has 2 aromatic rings. The number of H-pyrrole nitrogens is 1. The van der Waals surface area contributed by atoms with Crippen molar-refractivity contribution >= 4 is 35.0 Å². The van der Waals surface area contributed by atoms with Gasteiger partial charge in [-0.05, 0) is 18.4 Å². The number of hydrogen-bond donors (Lipinski definition) is 1. The van der Waals surface area contributed by atoms with Crippen LogP contribution in [0.1, 0.15) is 11.1 Å². The van der Waals surface area contributed by atoms with Gasteiger partial charge in [-0.15, -0.1) is 0 Å². The van der Waals surface area contributed by atoms with Crippen LogP contribution in [0.4, 0.5) is 13.2 Å². The number of nitriles is 1. The predicted octanol–water partition coefficient (Wildman–Crippen LogP) is 4.36. The average Bonchev–Trinajstić information content (AvgIpc) is 2.47. The summed E-state index contributed by atoms with van der Waals surface area (Å²) in [5.41, 5.74) is -2.64. The van der Waals surface area contributed by atoms with Crippen LogP contribution in [0.5, 0.6) is 0 Å². The van der Waals surface area contributed by atoms with Crippen molar-refractivity contribution in [2.75, 3.05) is 6.26 Å². The summed E-state index contributed by atoms with van der Waals surface area (Å²) in [6, 6.07) is 3.47. The highest BCUT2D eigenvalue weighted by atomic mass is 35.5. The number of nitrogens with one attached hydrogen (secondary N) is 1. The molecule has 1 heterocycles. The molecule has 0 amide bonds. The van der Waals surface area contributed by atoms with Gasteiger partial charge in [0.05, 0.1) is 21.3 Å². The number of aromatic amines is 1. The molecule has 0 radical (unpaired) electrons. The zero-order valence-electron chi connectivity index (χ0n) is 11.3. The first-order valence-corrected chi connectivity index (χ1v) is 7.82. The van der Waals surface area contributed by atoms with Crippen LogP contribution in [-0.2, 0) is 6.18 Å². The third-order valence-electron chi connectivity index (χ3n) is 2.81. The Hall–Kier alpha value is -1.69. The lowest BCUT2D eigenvalue weighted by molar-refractivity contribution is -0.137. The number of aromatic nitrogens is 2. The van der Waals surface area contributed by atoms with Crippen LogP contribution in [0.3, 0.4) is 0 Å². The molecule has 10 heteroatoms. The molecule has 0 aliphatic heterocycles. The SMILES string of the molecule is CSc1nc(-c2cc(Cl)c(Cl)c(C(F)(F)F)c2)c(C#N)c(=O)[nH]1. The molecular weight excluding hydrogens is 374 g/mol. The molecule has 1 N–H and O–H groups in total. The summed E-state index contributed by atoms with van der Waals surface area (Å²) in [4.78, 5) is 18.2. The Kier molecular flexibility index (Phi) is 4.94. The Morgan fingerprint density at radius 2 is 2.00 bits per heavy atom. The summed E-state index contributed by atoms with van der Waals surface area (Å²) in [6.45, 7) is 0. The molecule has 0 atom stereocenters. The fraction of sp³-hybridized carbons (Fsp3) is 0.154. The second-order valence-corrected chi connectivity index (χ2v) is 5.81. The van der Waals surface area contributed by atoms with Crippen molar-refractivity contribution in [3.05, 3.63) is 43.7 Å². The smallest absolute Gasteiger partial charge is 0.300 e. The minimum absolute atomic E-state index is 0.121. The first-order valence-electron chi connectivity index (χ1n) is 5.84. The molecule has 23 heavy (non-hydrogen) atoms. The Morgan fingerprint density at radius 3 is 2.52 bits per heavy atom. The number of benzene rings is 1. The Labute approximate surface area is 142 Å². The van der Waals surface area contributed by atoms with E-state index in [0.717, 1.165) is 17.8 Å². The van der Waals surface area contributed by atoms with Crippen LogP contribution in [0.25, 0.3) is 11.3 Å². The van der Waals surface area contributed by atoms with E-state index in [0.29, 0.717) is 6.07 Å². The van der Waals surface area contributed by atoms with Gasteiger partial charge >= 0.3 is 6.18 Å². The van der Waals surface area contributed by atoms with Gasteiger partial charge in [0.2, 0.25) is 0 Å². The Morgan fingerprint density at radius 1 is 1.35 bits per heavy atom. The van der Waals surface area contributed by atoms with Crippen molar-refractivity contribution in [2.24, 2.45) is 0 Å². The van der Waals surface area contributed by atoms with Crippen molar-refractivity contribution in [1.29, 1.82) is 5.26 Å². The van der Waals surface area contributed by atoms with E-state index in [2.05, 4.69) is 9.97 Å². The van der Waals surface area contributed by atoms with E-state index < -0.39 is 27.9 Å². The maximum atomic E-state index is 13.0. The summed E-state index contributed by atoms with van der Waals surface area (Å²) >= 11 is 12.4. The number of rotatable bonds is 2. The summed E-state index contributed by atoms with van der Waals surface area (Å²) < 4.78 is 39.1. The van der Waals surface area contributed by atoms with Crippen LogP contribution >= 0.6 is 35.0 Å². The maximum absolute atomic E-state index is 13.0. The van der Waals surface area contributed by atoms with Crippen LogP contribution < -0.4 is 5.56 Å². The summed E-state index contributed by atoms with van der Waals surface area (Å²) in [5, 5.41) is 8.23. The van der Waals surface area contributed by atoms with Crippen LogP contribution in [0.2, 0.25) is 10.0 Å². The van der Waals surface area contributed by atoms with Crippen molar-refractivity contribution in [2.45, 2.75) is 11.3 Å². The summed E-state index contributed by atoms with van der Waals surface area (Å²) in [6.07, 6.45) is -3.13. The quantitative estimate of drug-likeness (QED) is 0.621. The molecule has 1 aromatic heterocycles. The van der Waals surface area contributed by atoms with E-state index in [9.17, 15) is 18.0 Å². The van der Waals surface area contributed by atoms with Gasteiger partial charge in [-0.25, -0.2) is 4.98 Å². The van der Waals surface area contributed by atoms with E-state index in [1.807, 2.05) is 0 Å². The molecule has 0 aliphatic carbocycles. The molecule has 4 nitrogen and oxygen atoms in total. The van der Waals surface area contributed by atoms with Gasteiger partial charge in [0.25, 0.3) is 5.56 Å². The molecule has 0 aliphatic rings. The normalized spacial score (nSPS) is 11.3. The van der Waals surface area contributed by atoms with Gasteiger partial charge in [0.1, 0.15) is 11.6 Å². The number of alkyl halides is 3. The third kappa shape index (κ3) is 3.47. The summed E-state index contributed by atoms with van der Waals surface area (Å²) in [5.74, 6) is 0. The van der Waals surface area contributed by atoms with E-state index in [-0.39, 0.29) is 21.4 Å². The van der Waals surface area contributed by atoms with Crippen molar-refractivity contribution < 1.29 is 13.2 Å². The highest BCUT2D eigenvalue weighted by molar-refractivity contribution is 7.98. The lowest BCUT2D eigenvalue weighted by atomic mass is 10.0. The molecule has 0 bridgehead atoms. The van der Waals surface area contributed by atoms with E-state index >= 15 is 0 Å². The largest absolute Gasteiger partial charge is 0.417 e. The molecular formula is C13H6Cl2F3N3OS. The first kappa shape index (κ1) is 17.7. The van der Waals surface area contributed by atoms with Gasteiger partial charge < -0.3 is 4.98 Å². The van der Waals surface area contributed by atoms with Crippen molar-refractivity contribution in [3.63, 3.8) is 0 Å². The fourth-order valence-electron chi connectivity index (χ4n) is 1.79. The molecule has 1 aromatic carbocycles. The highest BCUT2D eigenvalue weighted by Crippen LogP contribution is 2.41. The van der Waals surface area contributed by atoms with E-state index in [1.165, 1.54) is 0 Å². The maximum Gasteiger partial charge on any atom is 0.417 e. The summed E-state index contributed by atoms with van der Waals surface area (Å²) in [7, 11) is 0. The second kappa shape index (κ2) is 6.43. The van der Waals surface area contributed by atoms with Crippen LogP contribution in [-0.4, -0.2) is 16.2 Å². The van der Waals surface area contributed by atoms with Gasteiger partial charge in [-0.1, -0.05) is 35.0 Å². The third-order valence-corrected chi connectivity index (χ3v) is 4.19. The molecule has 0 unspecified atom stereocenters. The number of halogens is 5. The minimum atomic E-state index is -4.74. The standard InChI is InChI=1S/C13H6Cl2F3N3OS/c1-23-12-20-10(6(4-19)11(22)21-12)5-2-7(13(16,17)18)9(15)8(14)3-5/h2-3H,1H3,(H,20,21,22). The molecule has 2 rings (SSSR count). The van der Waals surface area contributed by atoms with Crippen molar-refractivity contribution in [3.8, 4) is 17.3 Å².